The second-order valence-electron chi connectivity index (χ2n) is 5.04. The summed E-state index contributed by atoms with van der Waals surface area (Å²) in [7, 11) is 0. The second kappa shape index (κ2) is 5.93. The number of carbonyl (C=O) groups excluding carboxylic acids is 1. The Balaban J connectivity index is 1.64. The van der Waals surface area contributed by atoms with Crippen molar-refractivity contribution >= 4 is 5.91 Å². The molecule has 2 heterocycles. The van der Waals surface area contributed by atoms with Crippen LogP contribution in [0.3, 0.4) is 0 Å². The quantitative estimate of drug-likeness (QED) is 0.923. The lowest BCUT2D eigenvalue weighted by molar-refractivity contribution is 0.00587. The van der Waals surface area contributed by atoms with E-state index >= 15 is 0 Å². The molecule has 0 unspecified atom stereocenters. The lowest BCUT2D eigenvalue weighted by Gasteiger charge is -2.35. The van der Waals surface area contributed by atoms with Gasteiger partial charge in [0.05, 0.1) is 6.10 Å². The summed E-state index contributed by atoms with van der Waals surface area (Å²) in [5.41, 5.74) is 1.55. The minimum Gasteiger partial charge on any atom is -0.489 e. The molecule has 5 heteroatoms. The van der Waals surface area contributed by atoms with E-state index in [1.807, 2.05) is 18.2 Å². The van der Waals surface area contributed by atoms with Gasteiger partial charge >= 0.3 is 0 Å². The molecule has 1 amide bonds. The van der Waals surface area contributed by atoms with E-state index in [2.05, 4.69) is 4.98 Å². The normalized spacial score (nSPS) is 14.6. The van der Waals surface area contributed by atoms with Crippen LogP contribution >= 0.6 is 0 Å². The largest absolute Gasteiger partial charge is 0.489 e. The number of aliphatic hydroxyl groups excluding tert-OH is 1. The van der Waals surface area contributed by atoms with Crippen LogP contribution in [0.1, 0.15) is 15.9 Å². The van der Waals surface area contributed by atoms with Crippen molar-refractivity contribution in [3.05, 3.63) is 59.9 Å². The van der Waals surface area contributed by atoms with Gasteiger partial charge in [0.1, 0.15) is 12.4 Å². The molecule has 1 fully saturated rings. The lowest BCUT2D eigenvalue weighted by Crippen LogP contribution is -2.53. The van der Waals surface area contributed by atoms with Crippen molar-refractivity contribution in [2.45, 2.75) is 12.7 Å². The molecule has 2 aromatic rings. The Labute approximate surface area is 122 Å². The number of benzene rings is 1. The summed E-state index contributed by atoms with van der Waals surface area (Å²) in [4.78, 5) is 17.8. The van der Waals surface area contributed by atoms with Crippen LogP contribution in [-0.4, -0.2) is 40.1 Å². The zero-order valence-electron chi connectivity index (χ0n) is 11.5. The van der Waals surface area contributed by atoms with Gasteiger partial charge in [0.15, 0.2) is 0 Å². The first-order valence-electron chi connectivity index (χ1n) is 6.81. The Morgan fingerprint density at radius 2 is 2.19 bits per heavy atom. The third kappa shape index (κ3) is 3.20. The van der Waals surface area contributed by atoms with Crippen LogP contribution in [0.5, 0.6) is 5.75 Å². The highest BCUT2D eigenvalue weighted by Crippen LogP contribution is 2.19. The molecule has 0 saturated carbocycles. The molecular weight excluding hydrogens is 268 g/mol. The number of hydrogen-bond donors (Lipinski definition) is 1. The predicted octanol–water partition coefficient (Wildman–Crippen LogP) is 1.48. The van der Waals surface area contributed by atoms with Gasteiger partial charge in [0.2, 0.25) is 0 Å². The number of nitrogens with zero attached hydrogens (tertiary/aromatic N) is 2. The maximum absolute atomic E-state index is 12.1. The predicted molar refractivity (Wildman–Crippen MR) is 76.9 cm³/mol. The van der Waals surface area contributed by atoms with Crippen molar-refractivity contribution in [3.8, 4) is 5.75 Å². The molecule has 1 aromatic carbocycles. The Hall–Kier alpha value is -2.40. The Morgan fingerprint density at radius 1 is 1.33 bits per heavy atom. The van der Waals surface area contributed by atoms with Gasteiger partial charge in [-0.3, -0.25) is 9.78 Å². The Morgan fingerprint density at radius 3 is 2.90 bits per heavy atom. The average molecular weight is 284 g/mol. The minimum absolute atomic E-state index is 0.0767. The van der Waals surface area contributed by atoms with E-state index in [1.165, 1.54) is 0 Å². The van der Waals surface area contributed by atoms with Crippen LogP contribution in [0.15, 0.2) is 48.8 Å². The molecule has 0 aliphatic carbocycles. The van der Waals surface area contributed by atoms with Gasteiger partial charge in [0, 0.05) is 36.6 Å². The monoisotopic (exact) mass is 284 g/mol. The number of pyridine rings is 1. The van der Waals surface area contributed by atoms with E-state index in [4.69, 9.17) is 4.74 Å². The van der Waals surface area contributed by atoms with Crippen molar-refractivity contribution < 1.29 is 14.6 Å². The van der Waals surface area contributed by atoms with E-state index in [-0.39, 0.29) is 12.0 Å². The summed E-state index contributed by atoms with van der Waals surface area (Å²) in [5, 5.41) is 9.25. The molecule has 1 aromatic heterocycles. The molecule has 0 bridgehead atoms. The Kier molecular flexibility index (Phi) is 3.83. The van der Waals surface area contributed by atoms with E-state index in [0.717, 1.165) is 5.56 Å². The molecule has 1 aliphatic rings. The summed E-state index contributed by atoms with van der Waals surface area (Å²) in [6.07, 6.45) is 3.07. The highest BCUT2D eigenvalue weighted by Gasteiger charge is 2.29. The van der Waals surface area contributed by atoms with Crippen molar-refractivity contribution in [1.29, 1.82) is 0 Å². The smallest absolute Gasteiger partial charge is 0.254 e. The number of ether oxygens (including phenoxy) is 1. The van der Waals surface area contributed by atoms with Crippen LogP contribution in [0.25, 0.3) is 0 Å². The lowest BCUT2D eigenvalue weighted by atomic mass is 10.1. The van der Waals surface area contributed by atoms with Crippen molar-refractivity contribution in [3.63, 3.8) is 0 Å². The first kappa shape index (κ1) is 13.6. The van der Waals surface area contributed by atoms with E-state index in [9.17, 15) is 9.90 Å². The van der Waals surface area contributed by atoms with Crippen LogP contribution in [0.4, 0.5) is 0 Å². The first-order valence-corrected chi connectivity index (χ1v) is 6.81. The summed E-state index contributed by atoms with van der Waals surface area (Å²) in [6, 6.07) is 10.9. The zero-order valence-corrected chi connectivity index (χ0v) is 11.5. The summed E-state index contributed by atoms with van der Waals surface area (Å²) in [6.45, 7) is 1.22. The number of aromatic nitrogens is 1. The SMILES string of the molecule is O=C(c1cccc(OCc2cccnc2)c1)N1CC(O)C1. The topological polar surface area (TPSA) is 62.7 Å². The molecule has 3 rings (SSSR count). The van der Waals surface area contributed by atoms with Gasteiger partial charge in [0.25, 0.3) is 5.91 Å². The molecule has 0 radical (unpaired) electrons. The van der Waals surface area contributed by atoms with Gasteiger partial charge < -0.3 is 14.7 Å². The standard InChI is InChI=1S/C16H16N2O3/c19-14-9-18(10-14)16(20)13-4-1-5-15(7-13)21-11-12-3-2-6-17-8-12/h1-8,14,19H,9-11H2. The summed E-state index contributed by atoms with van der Waals surface area (Å²) < 4.78 is 5.68. The summed E-state index contributed by atoms with van der Waals surface area (Å²) >= 11 is 0. The molecular formula is C16H16N2O3. The number of rotatable bonds is 4. The van der Waals surface area contributed by atoms with E-state index in [1.54, 1.807) is 35.5 Å². The maximum Gasteiger partial charge on any atom is 0.254 e. The number of amides is 1. The van der Waals surface area contributed by atoms with Crippen LogP contribution in [-0.2, 0) is 6.61 Å². The highest BCUT2D eigenvalue weighted by molar-refractivity contribution is 5.95. The molecule has 1 saturated heterocycles. The Bertz CT molecular complexity index is 624. The van der Waals surface area contributed by atoms with Crippen molar-refractivity contribution in [2.24, 2.45) is 0 Å². The number of carbonyl (C=O) groups is 1. The molecule has 0 spiro atoms. The second-order valence-corrected chi connectivity index (χ2v) is 5.04. The van der Waals surface area contributed by atoms with Gasteiger partial charge in [-0.1, -0.05) is 12.1 Å². The van der Waals surface area contributed by atoms with E-state index < -0.39 is 0 Å². The molecule has 108 valence electrons. The van der Waals surface area contributed by atoms with Crippen LogP contribution in [0.2, 0.25) is 0 Å². The number of β-amino-alcohol motifs (C(OH)–C–C–N with tert-alkyl or cyclic N) is 1. The fourth-order valence-electron chi connectivity index (χ4n) is 2.17. The first-order chi connectivity index (χ1) is 10.2. The van der Waals surface area contributed by atoms with Crippen LogP contribution < -0.4 is 4.74 Å². The molecule has 1 N–H and O–H groups in total. The highest BCUT2D eigenvalue weighted by atomic mass is 16.5. The van der Waals surface area contributed by atoms with Gasteiger partial charge in [-0.25, -0.2) is 0 Å². The van der Waals surface area contributed by atoms with Crippen LogP contribution in [0, 0.1) is 0 Å². The van der Waals surface area contributed by atoms with Gasteiger partial charge in [-0.05, 0) is 24.3 Å². The van der Waals surface area contributed by atoms with Gasteiger partial charge in [-0.15, -0.1) is 0 Å². The molecule has 5 nitrogen and oxygen atoms in total. The van der Waals surface area contributed by atoms with E-state index in [0.29, 0.717) is 31.0 Å². The van der Waals surface area contributed by atoms with Crippen molar-refractivity contribution in [2.75, 3.05) is 13.1 Å². The van der Waals surface area contributed by atoms with Crippen molar-refractivity contribution in [1.82, 2.24) is 9.88 Å². The molecule has 0 atom stereocenters. The molecule has 21 heavy (non-hydrogen) atoms. The number of likely N-dealkylation sites (tertiary alicyclic amines) is 1. The third-order valence-electron chi connectivity index (χ3n) is 3.36. The fourth-order valence-corrected chi connectivity index (χ4v) is 2.17. The number of aliphatic hydroxyl groups is 1. The fraction of sp³-hybridized carbons (Fsp3) is 0.250. The number of hydrogen-bond acceptors (Lipinski definition) is 4. The van der Waals surface area contributed by atoms with Gasteiger partial charge in [-0.2, -0.15) is 0 Å². The third-order valence-corrected chi connectivity index (χ3v) is 3.36. The maximum atomic E-state index is 12.1. The minimum atomic E-state index is -0.390. The zero-order chi connectivity index (χ0) is 14.7. The molecule has 1 aliphatic heterocycles. The average Bonchev–Trinajstić information content (AvgIpc) is 2.50. The summed E-state index contributed by atoms with van der Waals surface area (Å²) in [5.74, 6) is 0.568.